The molecule has 1 aromatic heterocycles. The lowest BCUT2D eigenvalue weighted by Gasteiger charge is -2.19. The Bertz CT molecular complexity index is 820. The third-order valence-corrected chi connectivity index (χ3v) is 4.97. The number of carbonyl (C=O) groups excluding carboxylic acids is 2. The van der Waals surface area contributed by atoms with E-state index in [9.17, 15) is 9.59 Å². The number of benzene rings is 1. The Kier molecular flexibility index (Phi) is 5.74. The van der Waals surface area contributed by atoms with Gasteiger partial charge in [-0.1, -0.05) is 19.1 Å². The van der Waals surface area contributed by atoms with Crippen LogP contribution >= 0.6 is 0 Å². The smallest absolute Gasteiger partial charge is 0.254 e. The Morgan fingerprint density at radius 1 is 1.22 bits per heavy atom. The fourth-order valence-electron chi connectivity index (χ4n) is 3.55. The second kappa shape index (κ2) is 8.20. The van der Waals surface area contributed by atoms with Crippen LogP contribution in [0.5, 0.6) is 5.75 Å². The lowest BCUT2D eigenvalue weighted by Crippen LogP contribution is -2.39. The van der Waals surface area contributed by atoms with E-state index in [4.69, 9.17) is 4.74 Å². The Hall–Kier alpha value is -2.89. The molecular formula is C21H25N3O3. The predicted molar refractivity (Wildman–Crippen MR) is 103 cm³/mol. The van der Waals surface area contributed by atoms with E-state index in [0.29, 0.717) is 18.7 Å². The van der Waals surface area contributed by atoms with E-state index < -0.39 is 0 Å². The van der Waals surface area contributed by atoms with Crippen molar-refractivity contribution in [3.05, 3.63) is 59.4 Å². The number of rotatable bonds is 5. The molecule has 27 heavy (non-hydrogen) atoms. The van der Waals surface area contributed by atoms with Crippen LogP contribution in [-0.4, -0.2) is 47.9 Å². The summed E-state index contributed by atoms with van der Waals surface area (Å²) in [6.45, 7) is 4.56. The van der Waals surface area contributed by atoms with Crippen molar-refractivity contribution in [2.75, 3.05) is 20.2 Å². The van der Waals surface area contributed by atoms with Crippen molar-refractivity contribution >= 4 is 11.8 Å². The van der Waals surface area contributed by atoms with Crippen LogP contribution in [0.15, 0.2) is 42.6 Å². The van der Waals surface area contributed by atoms with Crippen LogP contribution in [0.3, 0.4) is 0 Å². The maximum absolute atomic E-state index is 13.0. The summed E-state index contributed by atoms with van der Waals surface area (Å²) in [5.74, 6) is 0.698. The van der Waals surface area contributed by atoms with Crippen molar-refractivity contribution in [3.63, 3.8) is 0 Å². The number of hydrogen-bond donors (Lipinski definition) is 1. The van der Waals surface area contributed by atoms with Crippen molar-refractivity contribution in [3.8, 4) is 5.75 Å². The van der Waals surface area contributed by atoms with Gasteiger partial charge in [-0.15, -0.1) is 0 Å². The van der Waals surface area contributed by atoms with Gasteiger partial charge in [0.25, 0.3) is 5.91 Å². The molecule has 3 rings (SSSR count). The molecule has 2 aromatic rings. The fourth-order valence-corrected chi connectivity index (χ4v) is 3.55. The number of aromatic nitrogens is 1. The van der Waals surface area contributed by atoms with Crippen LogP contribution < -0.4 is 10.1 Å². The SMILES string of the molecule is CCc1cc(C(=O)N2C[C@@H](NC(C)=O)[C@H](c3ccc(OC)cc3)C2)ccn1. The van der Waals surface area contributed by atoms with E-state index in [1.807, 2.05) is 42.2 Å². The van der Waals surface area contributed by atoms with Crippen molar-refractivity contribution in [2.24, 2.45) is 0 Å². The fraction of sp³-hybridized carbons (Fsp3) is 0.381. The van der Waals surface area contributed by atoms with Crippen LogP contribution in [-0.2, 0) is 11.2 Å². The summed E-state index contributed by atoms with van der Waals surface area (Å²) < 4.78 is 5.22. The highest BCUT2D eigenvalue weighted by atomic mass is 16.5. The van der Waals surface area contributed by atoms with Gasteiger partial charge >= 0.3 is 0 Å². The Morgan fingerprint density at radius 2 is 1.96 bits per heavy atom. The molecule has 2 amide bonds. The molecule has 6 heteroatoms. The Labute approximate surface area is 159 Å². The number of amides is 2. The van der Waals surface area contributed by atoms with Gasteiger partial charge in [0.15, 0.2) is 0 Å². The van der Waals surface area contributed by atoms with E-state index in [-0.39, 0.29) is 23.8 Å². The molecule has 0 bridgehead atoms. The van der Waals surface area contributed by atoms with Gasteiger partial charge in [0, 0.05) is 43.4 Å². The summed E-state index contributed by atoms with van der Waals surface area (Å²) in [6, 6.07) is 11.3. The van der Waals surface area contributed by atoms with Gasteiger partial charge < -0.3 is 15.0 Å². The van der Waals surface area contributed by atoms with Crippen LogP contribution in [0.2, 0.25) is 0 Å². The molecule has 1 aromatic carbocycles. The van der Waals surface area contributed by atoms with Gasteiger partial charge in [-0.05, 0) is 36.2 Å². The van der Waals surface area contributed by atoms with Gasteiger partial charge in [0.1, 0.15) is 5.75 Å². The first-order valence-electron chi connectivity index (χ1n) is 9.17. The Balaban J connectivity index is 1.83. The monoisotopic (exact) mass is 367 g/mol. The topological polar surface area (TPSA) is 71.5 Å². The normalized spacial score (nSPS) is 19.0. The molecule has 2 atom stereocenters. The summed E-state index contributed by atoms with van der Waals surface area (Å²) in [4.78, 5) is 30.7. The molecule has 1 aliphatic rings. The summed E-state index contributed by atoms with van der Waals surface area (Å²) in [7, 11) is 1.63. The number of carbonyl (C=O) groups is 2. The minimum Gasteiger partial charge on any atom is -0.497 e. The number of methoxy groups -OCH3 is 1. The number of nitrogens with zero attached hydrogens (tertiary/aromatic N) is 2. The zero-order chi connectivity index (χ0) is 19.4. The zero-order valence-electron chi connectivity index (χ0n) is 15.9. The first kappa shape index (κ1) is 18.9. The van der Waals surface area contributed by atoms with Crippen LogP contribution in [0.25, 0.3) is 0 Å². The van der Waals surface area contributed by atoms with E-state index in [0.717, 1.165) is 23.4 Å². The summed E-state index contributed by atoms with van der Waals surface area (Å²) in [6.07, 6.45) is 2.46. The average molecular weight is 367 g/mol. The summed E-state index contributed by atoms with van der Waals surface area (Å²) >= 11 is 0. The quantitative estimate of drug-likeness (QED) is 0.881. The molecule has 1 N–H and O–H groups in total. The highest BCUT2D eigenvalue weighted by molar-refractivity contribution is 5.94. The highest BCUT2D eigenvalue weighted by Crippen LogP contribution is 2.30. The second-order valence-corrected chi connectivity index (χ2v) is 6.79. The third-order valence-electron chi connectivity index (χ3n) is 4.97. The molecule has 0 radical (unpaired) electrons. The lowest BCUT2D eigenvalue weighted by molar-refractivity contribution is -0.119. The first-order valence-corrected chi connectivity index (χ1v) is 9.17. The van der Waals surface area contributed by atoms with E-state index >= 15 is 0 Å². The number of hydrogen-bond acceptors (Lipinski definition) is 4. The number of aryl methyl sites for hydroxylation is 1. The molecule has 2 heterocycles. The van der Waals surface area contributed by atoms with Crippen molar-refractivity contribution in [2.45, 2.75) is 32.2 Å². The third kappa shape index (κ3) is 4.27. The van der Waals surface area contributed by atoms with Crippen molar-refractivity contribution in [1.82, 2.24) is 15.2 Å². The van der Waals surface area contributed by atoms with E-state index in [2.05, 4.69) is 10.3 Å². The molecule has 1 fully saturated rings. The molecule has 6 nitrogen and oxygen atoms in total. The lowest BCUT2D eigenvalue weighted by atomic mass is 9.94. The molecule has 142 valence electrons. The Morgan fingerprint density at radius 3 is 2.59 bits per heavy atom. The van der Waals surface area contributed by atoms with Crippen LogP contribution in [0, 0.1) is 0 Å². The molecule has 1 aliphatic heterocycles. The number of pyridine rings is 1. The van der Waals surface area contributed by atoms with Gasteiger partial charge in [-0.3, -0.25) is 14.6 Å². The molecule has 0 aliphatic carbocycles. The van der Waals surface area contributed by atoms with Gasteiger partial charge in [-0.2, -0.15) is 0 Å². The largest absolute Gasteiger partial charge is 0.497 e. The predicted octanol–water partition coefficient (Wildman–Crippen LogP) is 2.40. The van der Waals surface area contributed by atoms with Gasteiger partial charge in [0.05, 0.1) is 13.2 Å². The minimum atomic E-state index is -0.118. The second-order valence-electron chi connectivity index (χ2n) is 6.79. The highest BCUT2D eigenvalue weighted by Gasteiger charge is 2.37. The molecule has 0 spiro atoms. The van der Waals surface area contributed by atoms with Gasteiger partial charge in [0.2, 0.25) is 5.91 Å². The maximum Gasteiger partial charge on any atom is 0.254 e. The number of nitrogens with one attached hydrogen (secondary N) is 1. The number of likely N-dealkylation sites (tertiary alicyclic amines) is 1. The van der Waals surface area contributed by atoms with Gasteiger partial charge in [-0.25, -0.2) is 0 Å². The van der Waals surface area contributed by atoms with Crippen LogP contribution in [0.4, 0.5) is 0 Å². The van der Waals surface area contributed by atoms with Crippen molar-refractivity contribution < 1.29 is 14.3 Å². The average Bonchev–Trinajstić information content (AvgIpc) is 3.10. The first-order chi connectivity index (χ1) is 13.0. The maximum atomic E-state index is 13.0. The van der Waals surface area contributed by atoms with E-state index in [1.165, 1.54) is 6.92 Å². The number of ether oxygens (including phenoxy) is 1. The summed E-state index contributed by atoms with van der Waals surface area (Å²) in [5.41, 5.74) is 2.61. The molecular weight excluding hydrogens is 342 g/mol. The van der Waals surface area contributed by atoms with Crippen molar-refractivity contribution in [1.29, 1.82) is 0 Å². The zero-order valence-corrected chi connectivity index (χ0v) is 15.9. The molecule has 0 unspecified atom stereocenters. The van der Waals surface area contributed by atoms with E-state index in [1.54, 1.807) is 19.4 Å². The molecule has 1 saturated heterocycles. The summed E-state index contributed by atoms with van der Waals surface area (Å²) in [5, 5.41) is 3.00. The standard InChI is InChI=1S/C21H25N3O3/c1-4-17-11-16(9-10-22-17)21(26)24-12-19(20(13-24)23-14(2)25)15-5-7-18(27-3)8-6-15/h5-11,19-20H,4,12-13H2,1-3H3,(H,23,25)/t19-,20+/m0/s1. The minimum absolute atomic E-state index is 0.0292. The molecule has 0 saturated carbocycles. The van der Waals surface area contributed by atoms with Crippen LogP contribution in [0.1, 0.15) is 41.4 Å².